The first-order valence-electron chi connectivity index (χ1n) is 5.90. The predicted octanol–water partition coefficient (Wildman–Crippen LogP) is 2.46. The average molecular weight is 238 g/mol. The lowest BCUT2D eigenvalue weighted by atomic mass is 10.2. The number of rotatable bonds is 6. The molecule has 0 spiro atoms. The first-order chi connectivity index (χ1) is 8.13. The summed E-state index contributed by atoms with van der Waals surface area (Å²) < 4.78 is 13.0. The highest BCUT2D eigenvalue weighted by atomic mass is 19.1. The third-order valence-corrected chi connectivity index (χ3v) is 2.46. The molecule has 1 amide bonds. The molecule has 0 saturated carbocycles. The van der Waals surface area contributed by atoms with Crippen LogP contribution in [0.5, 0.6) is 0 Å². The molecular formula is C13H19FN2O. The fourth-order valence-electron chi connectivity index (χ4n) is 1.40. The van der Waals surface area contributed by atoms with Gasteiger partial charge in [-0.3, -0.25) is 4.79 Å². The molecule has 1 aromatic carbocycles. The zero-order chi connectivity index (χ0) is 12.7. The van der Waals surface area contributed by atoms with Crippen molar-refractivity contribution in [3.05, 3.63) is 29.6 Å². The maximum Gasteiger partial charge on any atom is 0.239 e. The third-order valence-electron chi connectivity index (χ3n) is 2.46. The molecule has 0 radical (unpaired) electrons. The van der Waals surface area contributed by atoms with Crippen LogP contribution < -0.4 is 10.6 Å². The first kappa shape index (κ1) is 13.5. The van der Waals surface area contributed by atoms with Gasteiger partial charge in [0.2, 0.25) is 5.91 Å². The lowest BCUT2D eigenvalue weighted by Crippen LogP contribution is -2.30. The van der Waals surface area contributed by atoms with E-state index in [-0.39, 0.29) is 18.3 Å². The number of hydrogen-bond acceptors (Lipinski definition) is 2. The Morgan fingerprint density at radius 2 is 2.18 bits per heavy atom. The van der Waals surface area contributed by atoms with Gasteiger partial charge < -0.3 is 10.6 Å². The van der Waals surface area contributed by atoms with Gasteiger partial charge in [0.1, 0.15) is 5.82 Å². The van der Waals surface area contributed by atoms with E-state index in [9.17, 15) is 9.18 Å². The van der Waals surface area contributed by atoms with Crippen molar-refractivity contribution in [1.82, 2.24) is 5.32 Å². The van der Waals surface area contributed by atoms with Crippen molar-refractivity contribution in [3.63, 3.8) is 0 Å². The molecule has 0 aromatic heterocycles. The van der Waals surface area contributed by atoms with E-state index in [4.69, 9.17) is 0 Å². The van der Waals surface area contributed by atoms with Crippen LogP contribution in [0.4, 0.5) is 10.1 Å². The number of unbranched alkanes of at least 4 members (excludes halogenated alkanes) is 1. The second kappa shape index (κ2) is 6.89. The van der Waals surface area contributed by atoms with Crippen LogP contribution in [-0.2, 0) is 4.79 Å². The maximum absolute atomic E-state index is 13.0. The van der Waals surface area contributed by atoms with E-state index >= 15 is 0 Å². The number of amides is 1. The second-order valence-electron chi connectivity index (χ2n) is 4.02. The topological polar surface area (TPSA) is 41.1 Å². The molecule has 0 heterocycles. The van der Waals surface area contributed by atoms with E-state index in [1.165, 1.54) is 6.07 Å². The maximum atomic E-state index is 13.0. The van der Waals surface area contributed by atoms with Crippen molar-refractivity contribution in [1.29, 1.82) is 0 Å². The molecule has 1 aromatic rings. The van der Waals surface area contributed by atoms with E-state index in [1.54, 1.807) is 19.1 Å². The predicted molar refractivity (Wildman–Crippen MR) is 67.5 cm³/mol. The lowest BCUT2D eigenvalue weighted by Gasteiger charge is -2.08. The zero-order valence-electron chi connectivity index (χ0n) is 10.3. The SMILES string of the molecule is CCCCNC(=O)CNc1ccc(F)c(C)c1. The molecule has 0 bridgehead atoms. The Bertz CT molecular complexity index is 380. The van der Waals surface area contributed by atoms with Gasteiger partial charge in [0.05, 0.1) is 6.54 Å². The number of nitrogens with one attached hydrogen (secondary N) is 2. The van der Waals surface area contributed by atoms with Gasteiger partial charge in [-0.25, -0.2) is 4.39 Å². The number of anilines is 1. The number of carbonyl (C=O) groups is 1. The highest BCUT2D eigenvalue weighted by molar-refractivity contribution is 5.80. The van der Waals surface area contributed by atoms with Crippen molar-refractivity contribution in [2.75, 3.05) is 18.4 Å². The number of halogens is 1. The Morgan fingerprint density at radius 1 is 1.41 bits per heavy atom. The van der Waals surface area contributed by atoms with Crippen molar-refractivity contribution in [2.45, 2.75) is 26.7 Å². The quantitative estimate of drug-likeness (QED) is 0.747. The molecule has 0 unspecified atom stereocenters. The monoisotopic (exact) mass is 238 g/mol. The fraction of sp³-hybridized carbons (Fsp3) is 0.462. The van der Waals surface area contributed by atoms with Crippen molar-refractivity contribution in [3.8, 4) is 0 Å². The lowest BCUT2D eigenvalue weighted by molar-refractivity contribution is -0.119. The van der Waals surface area contributed by atoms with Gasteiger partial charge in [0.15, 0.2) is 0 Å². The van der Waals surface area contributed by atoms with E-state index in [2.05, 4.69) is 17.6 Å². The molecule has 0 aliphatic rings. The molecule has 0 saturated heterocycles. The van der Waals surface area contributed by atoms with Crippen molar-refractivity contribution in [2.24, 2.45) is 0 Å². The molecule has 2 N–H and O–H groups in total. The molecule has 1 rings (SSSR count). The van der Waals surface area contributed by atoms with Crippen LogP contribution >= 0.6 is 0 Å². The Labute approximate surface area is 101 Å². The van der Waals surface area contributed by atoms with Gasteiger partial charge >= 0.3 is 0 Å². The van der Waals surface area contributed by atoms with Crippen molar-refractivity contribution >= 4 is 11.6 Å². The Kier molecular flexibility index (Phi) is 5.46. The van der Waals surface area contributed by atoms with Crippen LogP contribution in [-0.4, -0.2) is 19.0 Å². The molecule has 3 nitrogen and oxygen atoms in total. The smallest absolute Gasteiger partial charge is 0.239 e. The summed E-state index contributed by atoms with van der Waals surface area (Å²) in [5, 5.41) is 5.76. The minimum atomic E-state index is -0.233. The Hall–Kier alpha value is -1.58. The van der Waals surface area contributed by atoms with Gasteiger partial charge in [0, 0.05) is 12.2 Å². The van der Waals surface area contributed by atoms with Crippen molar-refractivity contribution < 1.29 is 9.18 Å². The third kappa shape index (κ3) is 4.85. The second-order valence-corrected chi connectivity index (χ2v) is 4.02. The van der Waals surface area contributed by atoms with E-state index in [0.717, 1.165) is 18.5 Å². The molecule has 4 heteroatoms. The van der Waals surface area contributed by atoms with Gasteiger partial charge in [-0.05, 0) is 37.1 Å². The minimum Gasteiger partial charge on any atom is -0.376 e. The van der Waals surface area contributed by atoms with Crippen LogP contribution in [0.15, 0.2) is 18.2 Å². The highest BCUT2D eigenvalue weighted by Gasteiger charge is 2.02. The summed E-state index contributed by atoms with van der Waals surface area (Å²) >= 11 is 0. The number of aryl methyl sites for hydroxylation is 1. The minimum absolute atomic E-state index is 0.0413. The normalized spacial score (nSPS) is 10.1. The van der Waals surface area contributed by atoms with E-state index < -0.39 is 0 Å². The summed E-state index contributed by atoms with van der Waals surface area (Å²) in [6.07, 6.45) is 2.05. The zero-order valence-corrected chi connectivity index (χ0v) is 10.3. The highest BCUT2D eigenvalue weighted by Crippen LogP contribution is 2.12. The molecular weight excluding hydrogens is 219 g/mol. The molecule has 0 fully saturated rings. The molecule has 0 aliphatic carbocycles. The molecule has 94 valence electrons. The van der Waals surface area contributed by atoms with E-state index in [1.807, 2.05) is 0 Å². The number of hydrogen-bond donors (Lipinski definition) is 2. The van der Waals surface area contributed by atoms with Crippen LogP contribution in [0, 0.1) is 12.7 Å². The number of benzene rings is 1. The first-order valence-corrected chi connectivity index (χ1v) is 5.90. The molecule has 17 heavy (non-hydrogen) atoms. The van der Waals surface area contributed by atoms with Crippen LogP contribution in [0.2, 0.25) is 0 Å². The summed E-state index contributed by atoms with van der Waals surface area (Å²) in [4.78, 5) is 11.4. The van der Waals surface area contributed by atoms with Gasteiger partial charge in [-0.2, -0.15) is 0 Å². The Balaban J connectivity index is 2.34. The summed E-state index contributed by atoms with van der Waals surface area (Å²) in [5.74, 6) is -0.275. The largest absolute Gasteiger partial charge is 0.376 e. The average Bonchev–Trinajstić information content (AvgIpc) is 2.31. The van der Waals surface area contributed by atoms with Gasteiger partial charge in [-0.15, -0.1) is 0 Å². The Morgan fingerprint density at radius 3 is 2.82 bits per heavy atom. The summed E-state index contributed by atoms with van der Waals surface area (Å²) in [6.45, 7) is 4.70. The molecule has 0 atom stereocenters. The van der Waals surface area contributed by atoms with Crippen LogP contribution in [0.25, 0.3) is 0 Å². The number of carbonyl (C=O) groups excluding carboxylic acids is 1. The van der Waals surface area contributed by atoms with Gasteiger partial charge in [0.25, 0.3) is 0 Å². The summed E-state index contributed by atoms with van der Waals surface area (Å²) in [6, 6.07) is 4.71. The van der Waals surface area contributed by atoms with Crippen LogP contribution in [0.3, 0.4) is 0 Å². The summed E-state index contributed by atoms with van der Waals surface area (Å²) in [5.41, 5.74) is 1.33. The van der Waals surface area contributed by atoms with E-state index in [0.29, 0.717) is 12.1 Å². The fourth-order valence-corrected chi connectivity index (χ4v) is 1.40. The van der Waals surface area contributed by atoms with Gasteiger partial charge in [-0.1, -0.05) is 13.3 Å². The molecule has 0 aliphatic heterocycles. The standard InChI is InChI=1S/C13H19FN2O/c1-3-4-7-15-13(17)9-16-11-5-6-12(14)10(2)8-11/h5-6,8,16H,3-4,7,9H2,1-2H3,(H,15,17). The summed E-state index contributed by atoms with van der Waals surface area (Å²) in [7, 11) is 0. The van der Waals surface area contributed by atoms with Crippen LogP contribution in [0.1, 0.15) is 25.3 Å².